The van der Waals surface area contributed by atoms with Crippen LogP contribution in [0.3, 0.4) is 0 Å². The van der Waals surface area contributed by atoms with Gasteiger partial charge < -0.3 is 14.9 Å². The Morgan fingerprint density at radius 1 is 1.50 bits per heavy atom. The van der Waals surface area contributed by atoms with E-state index in [1.54, 1.807) is 24.0 Å². The molecule has 2 aromatic heterocycles. The summed E-state index contributed by atoms with van der Waals surface area (Å²) >= 11 is 0. The van der Waals surface area contributed by atoms with Crippen LogP contribution in [0.5, 0.6) is 0 Å². The Labute approximate surface area is 103 Å². The van der Waals surface area contributed by atoms with Crippen LogP contribution in [-0.2, 0) is 4.74 Å². The average molecular weight is 250 g/mol. The molecule has 0 radical (unpaired) electrons. The van der Waals surface area contributed by atoms with Crippen LogP contribution >= 0.6 is 0 Å². The number of hydrogen-bond acceptors (Lipinski definition) is 6. The lowest BCUT2D eigenvalue weighted by Crippen LogP contribution is -2.19. The number of hydrogen-bond donors (Lipinski definition) is 2. The molecular formula is C11H14N4O3. The van der Waals surface area contributed by atoms with E-state index >= 15 is 0 Å². The highest BCUT2D eigenvalue weighted by Gasteiger charge is 2.35. The molecule has 1 aliphatic heterocycles. The summed E-state index contributed by atoms with van der Waals surface area (Å²) in [4.78, 5) is 12.5. The molecule has 0 saturated carbocycles. The van der Waals surface area contributed by atoms with Crippen LogP contribution in [0.2, 0.25) is 0 Å². The second-order valence-electron chi connectivity index (χ2n) is 4.41. The summed E-state index contributed by atoms with van der Waals surface area (Å²) in [6.45, 7) is 1.69. The molecule has 1 unspecified atom stereocenters. The minimum Gasteiger partial charge on any atom is -0.394 e. The fourth-order valence-corrected chi connectivity index (χ4v) is 2.20. The number of nitrogens with zero attached hydrogens (tertiary/aromatic N) is 4. The van der Waals surface area contributed by atoms with Crippen LogP contribution in [0.4, 0.5) is 0 Å². The predicted molar refractivity (Wildman–Crippen MR) is 61.7 cm³/mol. The third kappa shape index (κ3) is 1.76. The average Bonchev–Trinajstić information content (AvgIpc) is 2.92. The quantitative estimate of drug-likeness (QED) is 0.765. The van der Waals surface area contributed by atoms with E-state index in [1.165, 1.54) is 0 Å². The monoisotopic (exact) mass is 250 g/mol. The van der Waals surface area contributed by atoms with Crippen molar-refractivity contribution in [2.24, 2.45) is 0 Å². The zero-order valence-electron chi connectivity index (χ0n) is 9.89. The standard InChI is InChI=1S/C11H14N4O3/c1-6-12-3-8-10(14-6)15(5-13-8)11-9(17)2-7(4-16)18-11/h3,5,7,9,11,16-17H,2,4H2,1H3/t7-,9?,11+/m0/s1. The smallest absolute Gasteiger partial charge is 0.165 e. The maximum atomic E-state index is 9.96. The van der Waals surface area contributed by atoms with Gasteiger partial charge in [-0.25, -0.2) is 15.0 Å². The first-order valence-electron chi connectivity index (χ1n) is 5.79. The third-order valence-corrected chi connectivity index (χ3v) is 3.08. The molecule has 0 aliphatic carbocycles. The van der Waals surface area contributed by atoms with Gasteiger partial charge in [-0.05, 0) is 6.92 Å². The Bertz CT molecular complexity index is 570. The fraction of sp³-hybridized carbons (Fsp3) is 0.545. The largest absolute Gasteiger partial charge is 0.394 e. The fourth-order valence-electron chi connectivity index (χ4n) is 2.20. The SMILES string of the molecule is Cc1ncc2ncn([C@@H]3O[C@H](CO)CC3O)c2n1. The van der Waals surface area contributed by atoms with Crippen molar-refractivity contribution >= 4 is 11.2 Å². The van der Waals surface area contributed by atoms with Crippen LogP contribution in [0.25, 0.3) is 11.2 Å². The van der Waals surface area contributed by atoms with Gasteiger partial charge in [0.2, 0.25) is 0 Å². The van der Waals surface area contributed by atoms with Crippen molar-refractivity contribution in [1.29, 1.82) is 0 Å². The van der Waals surface area contributed by atoms with Crippen LogP contribution in [0.15, 0.2) is 12.5 Å². The first kappa shape index (κ1) is 11.5. The normalized spacial score (nSPS) is 28.1. The molecule has 3 heterocycles. The molecule has 96 valence electrons. The van der Waals surface area contributed by atoms with Crippen molar-refractivity contribution in [1.82, 2.24) is 19.5 Å². The number of aryl methyl sites for hydroxylation is 1. The number of imidazole rings is 1. The molecule has 3 atom stereocenters. The predicted octanol–water partition coefficient (Wildman–Crippen LogP) is -0.225. The molecule has 0 amide bonds. The van der Waals surface area contributed by atoms with E-state index in [4.69, 9.17) is 9.84 Å². The summed E-state index contributed by atoms with van der Waals surface area (Å²) < 4.78 is 7.26. The molecule has 1 fully saturated rings. The van der Waals surface area contributed by atoms with Gasteiger partial charge in [0.25, 0.3) is 0 Å². The van der Waals surface area contributed by atoms with Crippen LogP contribution in [0.1, 0.15) is 18.5 Å². The van der Waals surface area contributed by atoms with E-state index in [9.17, 15) is 5.11 Å². The van der Waals surface area contributed by atoms with Crippen LogP contribution in [-0.4, -0.2) is 48.5 Å². The van der Waals surface area contributed by atoms with Gasteiger partial charge in [0, 0.05) is 6.42 Å². The van der Waals surface area contributed by atoms with Gasteiger partial charge in [0.1, 0.15) is 17.4 Å². The molecule has 0 spiro atoms. The summed E-state index contributed by atoms with van der Waals surface area (Å²) in [6.07, 6.45) is 2.05. The molecule has 7 heteroatoms. The summed E-state index contributed by atoms with van der Waals surface area (Å²) in [5, 5.41) is 19.0. The second kappa shape index (κ2) is 4.27. The molecule has 1 saturated heterocycles. The van der Waals surface area contributed by atoms with Gasteiger partial charge in [0.15, 0.2) is 11.9 Å². The third-order valence-electron chi connectivity index (χ3n) is 3.08. The molecule has 0 aromatic carbocycles. The maximum Gasteiger partial charge on any atom is 0.165 e. The lowest BCUT2D eigenvalue weighted by atomic mass is 10.2. The summed E-state index contributed by atoms with van der Waals surface area (Å²) in [5.74, 6) is 0.635. The number of ether oxygens (including phenoxy) is 1. The van der Waals surface area contributed by atoms with Gasteiger partial charge in [-0.15, -0.1) is 0 Å². The molecular weight excluding hydrogens is 236 g/mol. The van der Waals surface area contributed by atoms with Gasteiger partial charge in [-0.2, -0.15) is 0 Å². The van der Waals surface area contributed by atoms with E-state index in [0.717, 1.165) is 0 Å². The lowest BCUT2D eigenvalue weighted by Gasteiger charge is -2.16. The first-order chi connectivity index (χ1) is 8.69. The number of aliphatic hydroxyl groups excluding tert-OH is 2. The molecule has 3 rings (SSSR count). The zero-order valence-corrected chi connectivity index (χ0v) is 9.89. The second-order valence-corrected chi connectivity index (χ2v) is 4.41. The number of rotatable bonds is 2. The Hall–Kier alpha value is -1.57. The van der Waals surface area contributed by atoms with E-state index < -0.39 is 12.3 Å². The zero-order chi connectivity index (χ0) is 12.7. The van der Waals surface area contributed by atoms with E-state index in [0.29, 0.717) is 23.4 Å². The molecule has 0 bridgehead atoms. The molecule has 1 aliphatic rings. The number of aliphatic hydroxyl groups is 2. The molecule has 18 heavy (non-hydrogen) atoms. The number of fused-ring (bicyclic) bond motifs is 1. The van der Waals surface area contributed by atoms with Gasteiger partial charge in [-0.3, -0.25) is 4.57 Å². The number of aromatic nitrogens is 4. The minimum absolute atomic E-state index is 0.103. The van der Waals surface area contributed by atoms with Gasteiger partial charge in [0.05, 0.1) is 25.2 Å². The van der Waals surface area contributed by atoms with Crippen molar-refractivity contribution in [2.45, 2.75) is 31.8 Å². The Kier molecular flexibility index (Phi) is 2.73. The van der Waals surface area contributed by atoms with Crippen molar-refractivity contribution < 1.29 is 14.9 Å². The van der Waals surface area contributed by atoms with E-state index in [2.05, 4.69) is 15.0 Å². The van der Waals surface area contributed by atoms with Gasteiger partial charge in [-0.1, -0.05) is 0 Å². The molecule has 2 aromatic rings. The highest BCUT2D eigenvalue weighted by molar-refractivity contribution is 5.69. The van der Waals surface area contributed by atoms with Crippen molar-refractivity contribution in [2.75, 3.05) is 6.61 Å². The molecule has 2 N–H and O–H groups in total. The summed E-state index contributed by atoms with van der Waals surface area (Å²) in [5.41, 5.74) is 1.29. The topological polar surface area (TPSA) is 93.3 Å². The highest BCUT2D eigenvalue weighted by atomic mass is 16.5. The summed E-state index contributed by atoms with van der Waals surface area (Å²) in [6, 6.07) is 0. The first-order valence-corrected chi connectivity index (χ1v) is 5.79. The Morgan fingerprint density at radius 2 is 2.33 bits per heavy atom. The van der Waals surface area contributed by atoms with Crippen molar-refractivity contribution in [3.8, 4) is 0 Å². The summed E-state index contributed by atoms with van der Waals surface area (Å²) in [7, 11) is 0. The highest BCUT2D eigenvalue weighted by Crippen LogP contribution is 2.30. The van der Waals surface area contributed by atoms with Gasteiger partial charge >= 0.3 is 0 Å². The van der Waals surface area contributed by atoms with E-state index in [1.807, 2.05) is 0 Å². The van der Waals surface area contributed by atoms with Crippen molar-refractivity contribution in [3.05, 3.63) is 18.3 Å². The lowest BCUT2D eigenvalue weighted by molar-refractivity contribution is -0.0487. The Morgan fingerprint density at radius 3 is 3.06 bits per heavy atom. The molecule has 7 nitrogen and oxygen atoms in total. The maximum absolute atomic E-state index is 9.96. The minimum atomic E-state index is -0.671. The Balaban J connectivity index is 2.01. The van der Waals surface area contributed by atoms with Crippen molar-refractivity contribution in [3.63, 3.8) is 0 Å². The van der Waals surface area contributed by atoms with Crippen LogP contribution in [0, 0.1) is 6.92 Å². The van der Waals surface area contributed by atoms with Crippen LogP contribution < -0.4 is 0 Å². The van der Waals surface area contributed by atoms with E-state index in [-0.39, 0.29) is 12.7 Å².